The van der Waals surface area contributed by atoms with Gasteiger partial charge in [0.25, 0.3) is 0 Å². The molecule has 2 heteroatoms. The molecule has 1 unspecified atom stereocenters. The number of halogens is 1. The smallest absolute Gasteiger partial charge is 0.174 e. The van der Waals surface area contributed by atoms with Crippen LogP contribution in [0.5, 0.6) is 0 Å². The highest BCUT2D eigenvalue weighted by atomic mass is 79.9. The summed E-state index contributed by atoms with van der Waals surface area (Å²) in [6.07, 6.45) is 8.97. The average molecular weight is 301 g/mol. The van der Waals surface area contributed by atoms with Crippen molar-refractivity contribution < 1.29 is 4.79 Å². The minimum atomic E-state index is -0.430. The number of rotatable bonds is 0. The first-order valence-corrected chi connectivity index (χ1v) is 6.81. The molecule has 2 aliphatic rings. The van der Waals surface area contributed by atoms with Gasteiger partial charge in [0, 0.05) is 10.0 Å². The third-order valence-electron chi connectivity index (χ3n) is 3.79. The highest BCUT2D eigenvalue weighted by Gasteiger charge is 2.39. The Kier molecular flexibility index (Phi) is 2.63. The third-order valence-corrected chi connectivity index (χ3v) is 4.44. The van der Waals surface area contributed by atoms with E-state index in [0.29, 0.717) is 0 Å². The van der Waals surface area contributed by atoms with Crippen molar-refractivity contribution in [1.82, 2.24) is 0 Å². The summed E-state index contributed by atoms with van der Waals surface area (Å²) in [7, 11) is 0. The van der Waals surface area contributed by atoms with Gasteiger partial charge in [-0.25, -0.2) is 0 Å². The normalized spacial score (nSPS) is 25.8. The van der Waals surface area contributed by atoms with Crippen LogP contribution in [0.3, 0.4) is 0 Å². The lowest BCUT2D eigenvalue weighted by Gasteiger charge is -2.29. The van der Waals surface area contributed by atoms with E-state index in [1.54, 1.807) is 0 Å². The number of ketones is 1. The summed E-state index contributed by atoms with van der Waals surface area (Å²) in [5.74, 6) is 0.208. The Bertz CT molecular complexity index is 622. The van der Waals surface area contributed by atoms with Crippen molar-refractivity contribution in [1.29, 1.82) is 0 Å². The molecule has 0 aliphatic heterocycles. The topological polar surface area (TPSA) is 17.1 Å². The molecule has 0 saturated carbocycles. The minimum Gasteiger partial charge on any atom is -0.293 e. The van der Waals surface area contributed by atoms with Crippen molar-refractivity contribution in [2.24, 2.45) is 5.41 Å². The maximum atomic E-state index is 12.8. The summed E-state index contributed by atoms with van der Waals surface area (Å²) < 4.78 is 0.983. The highest BCUT2D eigenvalue weighted by molar-refractivity contribution is 9.15. The third kappa shape index (κ3) is 1.56. The largest absolute Gasteiger partial charge is 0.293 e. The molecule has 0 fully saturated rings. The standard InChI is InChI=1S/C16H13BrO/c1-16-9-5-4-6-11(16)10-14(17)12-7-2-3-8-13(12)15(16)18/h2-8,10H,9H2,1H3. The number of carbonyl (C=O) groups is 1. The van der Waals surface area contributed by atoms with Crippen LogP contribution in [0.4, 0.5) is 0 Å². The zero-order valence-electron chi connectivity index (χ0n) is 10.1. The molecular formula is C16H13BrO. The zero-order chi connectivity index (χ0) is 12.8. The van der Waals surface area contributed by atoms with Crippen LogP contribution in [-0.2, 0) is 0 Å². The van der Waals surface area contributed by atoms with E-state index in [0.717, 1.165) is 27.6 Å². The maximum Gasteiger partial charge on any atom is 0.174 e. The second-order valence-corrected chi connectivity index (χ2v) is 5.81. The fourth-order valence-corrected chi connectivity index (χ4v) is 3.20. The van der Waals surface area contributed by atoms with Crippen molar-refractivity contribution in [2.75, 3.05) is 0 Å². The summed E-state index contributed by atoms with van der Waals surface area (Å²) in [6, 6.07) is 7.79. The van der Waals surface area contributed by atoms with Crippen LogP contribution >= 0.6 is 15.9 Å². The molecule has 0 N–H and O–H groups in total. The van der Waals surface area contributed by atoms with E-state index in [2.05, 4.69) is 28.1 Å². The van der Waals surface area contributed by atoms with Gasteiger partial charge >= 0.3 is 0 Å². The van der Waals surface area contributed by atoms with E-state index >= 15 is 0 Å². The molecular weight excluding hydrogens is 288 g/mol. The highest BCUT2D eigenvalue weighted by Crippen LogP contribution is 2.44. The number of Topliss-reactive ketones (excluding diaryl/α,β-unsaturated/α-hetero) is 1. The van der Waals surface area contributed by atoms with Gasteiger partial charge in [0.2, 0.25) is 0 Å². The lowest BCUT2D eigenvalue weighted by molar-refractivity contribution is 0.0863. The van der Waals surface area contributed by atoms with E-state index in [-0.39, 0.29) is 5.78 Å². The zero-order valence-corrected chi connectivity index (χ0v) is 11.7. The summed E-state index contributed by atoms with van der Waals surface area (Å²) in [5.41, 5.74) is 2.44. The van der Waals surface area contributed by atoms with Crippen molar-refractivity contribution in [3.05, 3.63) is 65.3 Å². The molecule has 0 amide bonds. The Morgan fingerprint density at radius 1 is 1.22 bits per heavy atom. The number of benzene rings is 1. The van der Waals surface area contributed by atoms with Gasteiger partial charge in [-0.05, 0) is 30.6 Å². The van der Waals surface area contributed by atoms with Gasteiger partial charge in [0.15, 0.2) is 5.78 Å². The van der Waals surface area contributed by atoms with Gasteiger partial charge in [-0.2, -0.15) is 0 Å². The number of allylic oxidation sites excluding steroid dienone is 5. The van der Waals surface area contributed by atoms with Gasteiger partial charge in [-0.1, -0.05) is 58.4 Å². The van der Waals surface area contributed by atoms with Crippen LogP contribution in [0.25, 0.3) is 4.48 Å². The Balaban J connectivity index is 2.30. The fourth-order valence-electron chi connectivity index (χ4n) is 2.61. The van der Waals surface area contributed by atoms with Gasteiger partial charge < -0.3 is 0 Å². The quantitative estimate of drug-likeness (QED) is 0.689. The first kappa shape index (κ1) is 11.7. The summed E-state index contributed by atoms with van der Waals surface area (Å²) in [6.45, 7) is 2.03. The summed E-state index contributed by atoms with van der Waals surface area (Å²) >= 11 is 3.59. The summed E-state index contributed by atoms with van der Waals surface area (Å²) in [4.78, 5) is 12.8. The SMILES string of the molecule is CC12CC=CC=C1C=C(Br)c1ccccc1C2=O. The molecule has 0 saturated heterocycles. The van der Waals surface area contributed by atoms with Gasteiger partial charge in [0.05, 0.1) is 5.41 Å². The van der Waals surface area contributed by atoms with Gasteiger partial charge in [-0.15, -0.1) is 0 Å². The molecule has 0 bridgehead atoms. The Morgan fingerprint density at radius 2 is 1.94 bits per heavy atom. The van der Waals surface area contributed by atoms with Crippen molar-refractivity contribution in [2.45, 2.75) is 13.3 Å². The van der Waals surface area contributed by atoms with E-state index in [4.69, 9.17) is 0 Å². The molecule has 0 radical (unpaired) electrons. The Hall–Kier alpha value is -1.41. The second kappa shape index (κ2) is 4.06. The molecule has 2 aliphatic carbocycles. The molecule has 90 valence electrons. The molecule has 1 nitrogen and oxygen atoms in total. The Morgan fingerprint density at radius 3 is 2.72 bits per heavy atom. The minimum absolute atomic E-state index is 0.208. The number of carbonyl (C=O) groups excluding carboxylic acids is 1. The van der Waals surface area contributed by atoms with E-state index in [1.165, 1.54) is 0 Å². The Labute approximate surface area is 115 Å². The molecule has 18 heavy (non-hydrogen) atoms. The molecule has 0 heterocycles. The average Bonchev–Trinajstić information content (AvgIpc) is 2.47. The second-order valence-electron chi connectivity index (χ2n) is 4.95. The van der Waals surface area contributed by atoms with E-state index in [1.807, 2.05) is 43.3 Å². The van der Waals surface area contributed by atoms with Crippen molar-refractivity contribution in [3.8, 4) is 0 Å². The van der Waals surface area contributed by atoms with Gasteiger partial charge in [-0.3, -0.25) is 4.79 Å². The fraction of sp³-hybridized carbons (Fsp3) is 0.188. The maximum absolute atomic E-state index is 12.8. The van der Waals surface area contributed by atoms with Crippen LogP contribution in [0, 0.1) is 5.41 Å². The first-order chi connectivity index (χ1) is 8.63. The van der Waals surface area contributed by atoms with Crippen LogP contribution in [0.15, 0.2) is 54.1 Å². The van der Waals surface area contributed by atoms with Crippen molar-refractivity contribution >= 4 is 26.2 Å². The monoisotopic (exact) mass is 300 g/mol. The lowest BCUT2D eigenvalue weighted by atomic mass is 9.72. The van der Waals surface area contributed by atoms with Crippen molar-refractivity contribution in [3.63, 3.8) is 0 Å². The predicted molar refractivity (Wildman–Crippen MR) is 77.6 cm³/mol. The van der Waals surface area contributed by atoms with Crippen LogP contribution in [0.2, 0.25) is 0 Å². The van der Waals surface area contributed by atoms with E-state index < -0.39 is 5.41 Å². The molecule has 1 atom stereocenters. The number of hydrogen-bond acceptors (Lipinski definition) is 1. The first-order valence-electron chi connectivity index (χ1n) is 6.01. The molecule has 0 aromatic heterocycles. The molecule has 3 rings (SSSR count). The van der Waals surface area contributed by atoms with E-state index in [9.17, 15) is 4.79 Å². The van der Waals surface area contributed by atoms with Crippen LogP contribution in [0.1, 0.15) is 29.3 Å². The summed E-state index contributed by atoms with van der Waals surface area (Å²) in [5, 5.41) is 0. The van der Waals surface area contributed by atoms with Crippen LogP contribution < -0.4 is 0 Å². The van der Waals surface area contributed by atoms with Gasteiger partial charge in [0.1, 0.15) is 0 Å². The molecule has 1 aromatic rings. The molecule has 1 aromatic carbocycles. The lowest BCUT2D eigenvalue weighted by Crippen LogP contribution is -2.29. The number of fused-ring (bicyclic) bond motifs is 2. The number of hydrogen-bond donors (Lipinski definition) is 0. The van der Waals surface area contributed by atoms with Crippen LogP contribution in [-0.4, -0.2) is 5.78 Å². The molecule has 0 spiro atoms. The predicted octanol–water partition coefficient (Wildman–Crippen LogP) is 4.51.